The summed E-state index contributed by atoms with van der Waals surface area (Å²) in [5, 5.41) is 1.54. The highest BCUT2D eigenvalue weighted by molar-refractivity contribution is 5.01. The van der Waals surface area contributed by atoms with Crippen LogP contribution in [-0.2, 0) is 4.84 Å². The zero-order chi connectivity index (χ0) is 7.07. The van der Waals surface area contributed by atoms with Crippen LogP contribution in [0.25, 0.3) is 0 Å². The first-order chi connectivity index (χ1) is 4.02. The summed E-state index contributed by atoms with van der Waals surface area (Å²) >= 11 is 0. The predicted molar refractivity (Wildman–Crippen MR) is 32.7 cm³/mol. The maximum Gasteiger partial charge on any atom is 0.139 e. The van der Waals surface area contributed by atoms with E-state index in [1.807, 2.05) is 0 Å². The van der Waals surface area contributed by atoms with Gasteiger partial charge < -0.3 is 0 Å². The van der Waals surface area contributed by atoms with E-state index in [1.165, 1.54) is 5.06 Å². The molecular weight excluding hydrogens is 121 g/mol. The largest absolute Gasteiger partial charge is 0.293 e. The van der Waals surface area contributed by atoms with Gasteiger partial charge in [-0.2, -0.15) is 5.06 Å². The van der Waals surface area contributed by atoms with Crippen LogP contribution in [0, 0.1) is 0 Å². The Morgan fingerprint density at radius 2 is 2.11 bits per heavy atom. The molecule has 1 fully saturated rings. The fraction of sp³-hybridized carbons (Fsp3) is 1.00. The normalized spacial score (nSPS) is 41.7. The standard InChI is InChI=1S/C6H12FNO/c1-6(7)4-5(6)9-8(2)3/h5H,4H2,1-3H3/t5?,6-/m1/s1. The Balaban J connectivity index is 2.20. The summed E-state index contributed by atoms with van der Waals surface area (Å²) in [5.41, 5.74) is -1.07. The van der Waals surface area contributed by atoms with Gasteiger partial charge in [-0.3, -0.25) is 4.84 Å². The summed E-state index contributed by atoms with van der Waals surface area (Å²) < 4.78 is 12.7. The van der Waals surface area contributed by atoms with Gasteiger partial charge in [0.1, 0.15) is 11.8 Å². The number of hydrogen-bond donors (Lipinski definition) is 0. The molecule has 0 saturated heterocycles. The van der Waals surface area contributed by atoms with Crippen LogP contribution in [0.2, 0.25) is 0 Å². The lowest BCUT2D eigenvalue weighted by atomic mass is 10.4. The van der Waals surface area contributed by atoms with Gasteiger partial charge in [0.05, 0.1) is 0 Å². The monoisotopic (exact) mass is 133 g/mol. The SMILES string of the molecule is CN(C)OC1C[C@@]1(C)F. The second-order valence-electron chi connectivity index (χ2n) is 2.89. The molecule has 1 aliphatic carbocycles. The fourth-order valence-corrected chi connectivity index (χ4v) is 0.705. The molecule has 0 radical (unpaired) electrons. The van der Waals surface area contributed by atoms with Crippen molar-refractivity contribution in [3.63, 3.8) is 0 Å². The smallest absolute Gasteiger partial charge is 0.139 e. The Kier molecular flexibility index (Phi) is 1.49. The lowest BCUT2D eigenvalue weighted by Gasteiger charge is -2.09. The molecule has 0 heterocycles. The maximum atomic E-state index is 12.7. The first-order valence-corrected chi connectivity index (χ1v) is 3.05. The first kappa shape index (κ1) is 6.96. The molecule has 3 heteroatoms. The summed E-state index contributed by atoms with van der Waals surface area (Å²) in [6.07, 6.45) is 0.332. The molecular formula is C6H12FNO. The molecule has 0 N–H and O–H groups in total. The van der Waals surface area contributed by atoms with Gasteiger partial charge in [-0.15, -0.1) is 0 Å². The van der Waals surface area contributed by atoms with E-state index >= 15 is 0 Å². The zero-order valence-electron chi connectivity index (χ0n) is 6.02. The number of hydrogen-bond acceptors (Lipinski definition) is 2. The minimum atomic E-state index is -1.07. The van der Waals surface area contributed by atoms with Crippen LogP contribution in [0.1, 0.15) is 13.3 Å². The van der Waals surface area contributed by atoms with E-state index in [4.69, 9.17) is 4.84 Å². The molecule has 0 aromatic rings. The van der Waals surface area contributed by atoms with E-state index in [0.29, 0.717) is 6.42 Å². The van der Waals surface area contributed by atoms with Crippen LogP contribution in [0.5, 0.6) is 0 Å². The van der Waals surface area contributed by atoms with Gasteiger partial charge in [0.25, 0.3) is 0 Å². The Labute approximate surface area is 54.6 Å². The molecule has 0 aromatic heterocycles. The molecule has 0 aromatic carbocycles. The van der Waals surface area contributed by atoms with Crippen molar-refractivity contribution in [3.8, 4) is 0 Å². The van der Waals surface area contributed by atoms with Crippen molar-refractivity contribution in [1.29, 1.82) is 0 Å². The fourth-order valence-electron chi connectivity index (χ4n) is 0.705. The summed E-state index contributed by atoms with van der Waals surface area (Å²) in [6.45, 7) is 1.56. The van der Waals surface area contributed by atoms with Crippen molar-refractivity contribution in [2.24, 2.45) is 0 Å². The summed E-state index contributed by atoms with van der Waals surface area (Å²) in [5.74, 6) is 0. The Morgan fingerprint density at radius 1 is 1.67 bits per heavy atom. The van der Waals surface area contributed by atoms with Gasteiger partial charge in [-0.25, -0.2) is 4.39 Å². The van der Waals surface area contributed by atoms with E-state index < -0.39 is 5.67 Å². The third-order valence-corrected chi connectivity index (χ3v) is 1.43. The van der Waals surface area contributed by atoms with Crippen molar-refractivity contribution in [2.45, 2.75) is 25.1 Å². The van der Waals surface area contributed by atoms with Crippen molar-refractivity contribution in [3.05, 3.63) is 0 Å². The highest BCUT2D eigenvalue weighted by Gasteiger charge is 2.53. The summed E-state index contributed by atoms with van der Waals surface area (Å²) in [6, 6.07) is 0. The highest BCUT2D eigenvalue weighted by atomic mass is 19.1. The number of hydroxylamine groups is 2. The topological polar surface area (TPSA) is 12.5 Å². The van der Waals surface area contributed by atoms with Crippen LogP contribution in [0.15, 0.2) is 0 Å². The lowest BCUT2D eigenvalue weighted by molar-refractivity contribution is -0.142. The van der Waals surface area contributed by atoms with Crippen molar-refractivity contribution in [1.82, 2.24) is 5.06 Å². The van der Waals surface area contributed by atoms with Crippen LogP contribution >= 0.6 is 0 Å². The Hall–Kier alpha value is -0.150. The van der Waals surface area contributed by atoms with Crippen molar-refractivity contribution in [2.75, 3.05) is 14.1 Å². The molecule has 0 aliphatic heterocycles. The third kappa shape index (κ3) is 1.63. The highest BCUT2D eigenvalue weighted by Crippen LogP contribution is 2.42. The van der Waals surface area contributed by atoms with Gasteiger partial charge in [-0.05, 0) is 6.92 Å². The zero-order valence-corrected chi connectivity index (χ0v) is 6.02. The van der Waals surface area contributed by atoms with Gasteiger partial charge in [0.15, 0.2) is 0 Å². The number of rotatable bonds is 2. The molecule has 54 valence electrons. The Morgan fingerprint density at radius 3 is 2.22 bits per heavy atom. The molecule has 0 bridgehead atoms. The third-order valence-electron chi connectivity index (χ3n) is 1.43. The molecule has 2 nitrogen and oxygen atoms in total. The van der Waals surface area contributed by atoms with E-state index in [9.17, 15) is 4.39 Å². The van der Waals surface area contributed by atoms with Crippen molar-refractivity contribution >= 4 is 0 Å². The van der Waals surface area contributed by atoms with Gasteiger partial charge in [0.2, 0.25) is 0 Å². The molecule has 1 aliphatic rings. The lowest BCUT2D eigenvalue weighted by Crippen LogP contribution is -2.17. The average Bonchev–Trinajstić information content (AvgIpc) is 2.10. The molecule has 0 amide bonds. The number of halogens is 1. The first-order valence-electron chi connectivity index (χ1n) is 3.05. The van der Waals surface area contributed by atoms with Gasteiger partial charge in [-0.1, -0.05) is 0 Å². The molecule has 9 heavy (non-hydrogen) atoms. The molecule has 1 rings (SSSR count). The van der Waals surface area contributed by atoms with E-state index in [2.05, 4.69) is 0 Å². The van der Waals surface area contributed by atoms with Crippen LogP contribution in [0.4, 0.5) is 4.39 Å². The molecule has 1 unspecified atom stereocenters. The average molecular weight is 133 g/mol. The van der Waals surface area contributed by atoms with Crippen LogP contribution in [0.3, 0.4) is 0 Å². The summed E-state index contributed by atoms with van der Waals surface area (Å²) in [4.78, 5) is 5.03. The quantitative estimate of drug-likeness (QED) is 0.521. The van der Waals surface area contributed by atoms with E-state index in [0.717, 1.165) is 0 Å². The summed E-state index contributed by atoms with van der Waals surface area (Å²) in [7, 11) is 3.52. The number of alkyl halides is 1. The minimum absolute atomic E-state index is 0.201. The van der Waals surface area contributed by atoms with Crippen LogP contribution < -0.4 is 0 Å². The van der Waals surface area contributed by atoms with Gasteiger partial charge >= 0.3 is 0 Å². The molecule has 0 spiro atoms. The predicted octanol–water partition coefficient (Wildman–Crippen LogP) is 0.980. The van der Waals surface area contributed by atoms with E-state index in [-0.39, 0.29) is 6.10 Å². The molecule has 1 saturated carbocycles. The Bertz CT molecular complexity index is 114. The van der Waals surface area contributed by atoms with Gasteiger partial charge in [0, 0.05) is 20.5 Å². The van der Waals surface area contributed by atoms with Crippen molar-refractivity contribution < 1.29 is 9.23 Å². The minimum Gasteiger partial charge on any atom is -0.293 e. The number of nitrogens with zero attached hydrogens (tertiary/aromatic N) is 1. The second kappa shape index (κ2) is 1.92. The second-order valence-corrected chi connectivity index (χ2v) is 2.89. The van der Waals surface area contributed by atoms with E-state index in [1.54, 1.807) is 21.0 Å². The maximum absolute atomic E-state index is 12.7. The van der Waals surface area contributed by atoms with Crippen LogP contribution in [-0.4, -0.2) is 30.9 Å². The molecule has 2 atom stereocenters.